The number of piperidine rings is 1. The Balaban J connectivity index is 0.00000176. The van der Waals surface area contributed by atoms with Gasteiger partial charge in [0.05, 0.1) is 4.90 Å². The maximum Gasteiger partial charge on any atom is 0.243 e. The fourth-order valence-corrected chi connectivity index (χ4v) is 5.40. The van der Waals surface area contributed by atoms with Gasteiger partial charge in [-0.3, -0.25) is 0 Å². The van der Waals surface area contributed by atoms with Crippen LogP contribution in [0.2, 0.25) is 5.02 Å². The lowest BCUT2D eigenvalue weighted by Crippen LogP contribution is -2.48. The molecule has 7 heteroatoms. The number of rotatable bonds is 3. The standard InChI is InChI=1S/C15H21ClN2O2S.ClH/c1-10-14(16)4-3-5-15(10)21(19,20)18(2)13-8-11-6-7-12(9-13)17-11;/h3-5,11-13,17H,6-9H2,1-2H3;1H. The minimum atomic E-state index is -3.49. The molecular formula is C15H22Cl2N2O2S. The summed E-state index contributed by atoms with van der Waals surface area (Å²) in [6, 6.07) is 6.07. The molecule has 124 valence electrons. The van der Waals surface area contributed by atoms with Crippen LogP contribution in [0.5, 0.6) is 0 Å². The lowest BCUT2D eigenvalue weighted by atomic mass is 10.0. The van der Waals surface area contributed by atoms with Gasteiger partial charge in [-0.1, -0.05) is 17.7 Å². The Labute approximate surface area is 143 Å². The summed E-state index contributed by atoms with van der Waals surface area (Å²) in [5.41, 5.74) is 0.628. The first-order valence-electron chi connectivity index (χ1n) is 7.39. The quantitative estimate of drug-likeness (QED) is 0.896. The van der Waals surface area contributed by atoms with Crippen molar-refractivity contribution < 1.29 is 8.42 Å². The van der Waals surface area contributed by atoms with E-state index in [-0.39, 0.29) is 18.4 Å². The monoisotopic (exact) mass is 364 g/mol. The molecule has 2 fully saturated rings. The van der Waals surface area contributed by atoms with E-state index in [1.54, 1.807) is 36.5 Å². The van der Waals surface area contributed by atoms with E-state index in [0.29, 0.717) is 27.6 Å². The summed E-state index contributed by atoms with van der Waals surface area (Å²) in [5, 5.41) is 4.04. The van der Waals surface area contributed by atoms with Crippen molar-refractivity contribution in [3.05, 3.63) is 28.8 Å². The number of hydrogen-bond acceptors (Lipinski definition) is 3. The number of nitrogens with zero attached hydrogens (tertiary/aromatic N) is 1. The van der Waals surface area contributed by atoms with E-state index in [1.807, 2.05) is 0 Å². The van der Waals surface area contributed by atoms with Crippen molar-refractivity contribution in [2.45, 2.75) is 55.6 Å². The molecule has 22 heavy (non-hydrogen) atoms. The average molecular weight is 365 g/mol. The normalized spacial score (nSPS) is 27.7. The number of sulfonamides is 1. The smallest absolute Gasteiger partial charge is 0.243 e. The van der Waals surface area contributed by atoms with Crippen molar-refractivity contribution in [3.63, 3.8) is 0 Å². The molecule has 1 aromatic carbocycles. The summed E-state index contributed by atoms with van der Waals surface area (Å²) in [4.78, 5) is 0.323. The van der Waals surface area contributed by atoms with Gasteiger partial charge >= 0.3 is 0 Å². The van der Waals surface area contributed by atoms with Crippen molar-refractivity contribution in [1.82, 2.24) is 9.62 Å². The number of nitrogens with one attached hydrogen (secondary N) is 1. The number of hydrogen-bond donors (Lipinski definition) is 1. The summed E-state index contributed by atoms with van der Waals surface area (Å²) in [6.07, 6.45) is 4.11. The van der Waals surface area contributed by atoms with Crippen LogP contribution in [-0.4, -0.2) is 37.9 Å². The average Bonchev–Trinajstić information content (AvgIpc) is 2.79. The van der Waals surface area contributed by atoms with E-state index >= 15 is 0 Å². The topological polar surface area (TPSA) is 49.4 Å². The van der Waals surface area contributed by atoms with Gasteiger partial charge in [0.2, 0.25) is 10.0 Å². The highest BCUT2D eigenvalue weighted by Gasteiger charge is 2.39. The van der Waals surface area contributed by atoms with E-state index in [4.69, 9.17) is 11.6 Å². The Morgan fingerprint density at radius 1 is 1.23 bits per heavy atom. The van der Waals surface area contributed by atoms with E-state index in [9.17, 15) is 8.42 Å². The molecule has 3 rings (SSSR count). The van der Waals surface area contributed by atoms with Crippen molar-refractivity contribution in [2.75, 3.05) is 7.05 Å². The molecule has 2 unspecified atom stereocenters. The molecule has 2 aliphatic rings. The predicted molar refractivity (Wildman–Crippen MR) is 91.4 cm³/mol. The Morgan fingerprint density at radius 3 is 2.41 bits per heavy atom. The van der Waals surface area contributed by atoms with Gasteiger partial charge in [0.25, 0.3) is 0 Å². The Hall–Kier alpha value is -0.330. The molecule has 0 saturated carbocycles. The third-order valence-corrected chi connectivity index (χ3v) is 7.30. The molecule has 0 radical (unpaired) electrons. The number of benzene rings is 1. The van der Waals surface area contributed by atoms with Gasteiger partial charge in [-0.15, -0.1) is 12.4 Å². The first kappa shape index (κ1) is 18.0. The molecule has 2 aliphatic heterocycles. The molecule has 1 aromatic rings. The van der Waals surface area contributed by atoms with Gasteiger partial charge in [0, 0.05) is 30.2 Å². The molecule has 2 saturated heterocycles. The van der Waals surface area contributed by atoms with Crippen LogP contribution < -0.4 is 5.32 Å². The third-order valence-electron chi connectivity index (χ3n) is 4.84. The molecule has 0 amide bonds. The molecule has 0 aliphatic carbocycles. The largest absolute Gasteiger partial charge is 0.311 e. The fourth-order valence-electron chi connectivity index (χ4n) is 3.54. The second-order valence-corrected chi connectivity index (χ2v) is 8.52. The van der Waals surface area contributed by atoms with Crippen LogP contribution in [0, 0.1) is 6.92 Å². The first-order chi connectivity index (χ1) is 9.89. The SMILES string of the molecule is Cc1c(Cl)cccc1S(=O)(=O)N(C)C1CC2CCC(C1)N2.Cl. The molecule has 2 bridgehead atoms. The third kappa shape index (κ3) is 3.15. The van der Waals surface area contributed by atoms with E-state index in [0.717, 1.165) is 25.7 Å². The summed E-state index contributed by atoms with van der Waals surface area (Å²) in [7, 11) is -1.79. The zero-order chi connectivity index (χ0) is 15.2. The van der Waals surface area contributed by atoms with Crippen LogP contribution in [0.15, 0.2) is 23.1 Å². The molecular weight excluding hydrogens is 343 g/mol. The molecule has 2 atom stereocenters. The van der Waals surface area contributed by atoms with Crippen LogP contribution in [0.3, 0.4) is 0 Å². The second kappa shape index (κ2) is 6.65. The summed E-state index contributed by atoms with van der Waals surface area (Å²) < 4.78 is 27.3. The lowest BCUT2D eigenvalue weighted by Gasteiger charge is -2.35. The van der Waals surface area contributed by atoms with Crippen LogP contribution in [-0.2, 0) is 10.0 Å². The fraction of sp³-hybridized carbons (Fsp3) is 0.600. The van der Waals surface area contributed by atoms with Gasteiger partial charge in [0.1, 0.15) is 0 Å². The van der Waals surface area contributed by atoms with Crippen LogP contribution in [0.1, 0.15) is 31.2 Å². The minimum Gasteiger partial charge on any atom is -0.311 e. The van der Waals surface area contributed by atoms with Crippen LogP contribution in [0.4, 0.5) is 0 Å². The van der Waals surface area contributed by atoms with Gasteiger partial charge in [-0.2, -0.15) is 4.31 Å². The molecule has 2 heterocycles. The van der Waals surface area contributed by atoms with Gasteiger partial charge < -0.3 is 5.32 Å². The van der Waals surface area contributed by atoms with Crippen LogP contribution >= 0.6 is 24.0 Å². The van der Waals surface area contributed by atoms with E-state index < -0.39 is 10.0 Å². The Morgan fingerprint density at radius 2 is 1.82 bits per heavy atom. The second-order valence-electron chi connectivity index (χ2n) is 6.15. The molecule has 4 nitrogen and oxygen atoms in total. The van der Waals surface area contributed by atoms with Crippen molar-refractivity contribution in [3.8, 4) is 0 Å². The van der Waals surface area contributed by atoms with Crippen molar-refractivity contribution >= 4 is 34.0 Å². The van der Waals surface area contributed by atoms with Crippen molar-refractivity contribution in [1.29, 1.82) is 0 Å². The van der Waals surface area contributed by atoms with Gasteiger partial charge in [-0.05, 0) is 50.3 Å². The van der Waals surface area contributed by atoms with Crippen molar-refractivity contribution in [2.24, 2.45) is 0 Å². The predicted octanol–water partition coefficient (Wildman–Crippen LogP) is 2.97. The zero-order valence-electron chi connectivity index (χ0n) is 12.8. The van der Waals surface area contributed by atoms with Gasteiger partial charge in [0.15, 0.2) is 0 Å². The number of fused-ring (bicyclic) bond motifs is 2. The van der Waals surface area contributed by atoms with Crippen LogP contribution in [0.25, 0.3) is 0 Å². The highest BCUT2D eigenvalue weighted by Crippen LogP contribution is 2.33. The first-order valence-corrected chi connectivity index (χ1v) is 9.20. The summed E-state index contributed by atoms with van der Waals surface area (Å²) in [5.74, 6) is 0. The Bertz CT molecular complexity index is 639. The highest BCUT2D eigenvalue weighted by molar-refractivity contribution is 7.89. The lowest BCUT2D eigenvalue weighted by molar-refractivity contribution is 0.251. The molecule has 0 spiro atoms. The van der Waals surface area contributed by atoms with E-state index in [2.05, 4.69) is 5.32 Å². The Kier molecular flexibility index (Phi) is 5.45. The van der Waals surface area contributed by atoms with E-state index in [1.165, 1.54) is 0 Å². The summed E-state index contributed by atoms with van der Waals surface area (Å²) in [6.45, 7) is 1.76. The summed E-state index contributed by atoms with van der Waals surface area (Å²) >= 11 is 6.07. The highest BCUT2D eigenvalue weighted by atomic mass is 35.5. The molecule has 0 aromatic heterocycles. The molecule has 1 N–H and O–H groups in total. The minimum absolute atomic E-state index is 0. The maximum absolute atomic E-state index is 12.9. The maximum atomic E-state index is 12.9. The number of halogens is 2. The van der Waals surface area contributed by atoms with Gasteiger partial charge in [-0.25, -0.2) is 8.42 Å². The zero-order valence-corrected chi connectivity index (χ0v) is 15.1.